The van der Waals surface area contributed by atoms with Crippen molar-refractivity contribution in [2.75, 3.05) is 7.11 Å². The van der Waals surface area contributed by atoms with Gasteiger partial charge in [-0.05, 0) is 36.8 Å². The van der Waals surface area contributed by atoms with Crippen LogP contribution in [0.5, 0.6) is 0 Å². The Morgan fingerprint density at radius 2 is 1.73 bits per heavy atom. The van der Waals surface area contributed by atoms with Crippen LogP contribution in [0.4, 0.5) is 0 Å². The van der Waals surface area contributed by atoms with Crippen LogP contribution in [0.25, 0.3) is 5.69 Å². The lowest BCUT2D eigenvalue weighted by Crippen LogP contribution is -2.04. The number of nitrogens with zero attached hydrogens (tertiary/aromatic N) is 3. The second kappa shape index (κ2) is 9.00. The summed E-state index contributed by atoms with van der Waals surface area (Å²) in [5, 5.41) is 9.61. The minimum Gasteiger partial charge on any atom is -0.463 e. The van der Waals surface area contributed by atoms with E-state index >= 15 is 0 Å². The highest BCUT2D eigenvalue weighted by molar-refractivity contribution is 7.99. The number of thioether (sulfide) groups is 1. The van der Waals surface area contributed by atoms with E-state index in [0.29, 0.717) is 12.2 Å². The van der Waals surface area contributed by atoms with E-state index in [1.807, 2.05) is 55.5 Å². The lowest BCUT2D eigenvalue weighted by atomic mass is 10.1. The first-order valence-corrected chi connectivity index (χ1v) is 10.4. The summed E-state index contributed by atoms with van der Waals surface area (Å²) in [6, 6.07) is 23.7. The van der Waals surface area contributed by atoms with Gasteiger partial charge in [-0.15, -0.1) is 10.2 Å². The van der Waals surface area contributed by atoms with E-state index in [0.717, 1.165) is 16.7 Å². The molecule has 4 rings (SSSR count). The largest absolute Gasteiger partial charge is 0.463 e. The molecule has 0 amide bonds. The first kappa shape index (κ1) is 20.0. The van der Waals surface area contributed by atoms with E-state index in [1.165, 1.54) is 24.4 Å². The molecule has 2 aromatic carbocycles. The molecule has 0 saturated heterocycles. The predicted octanol–water partition coefficient (Wildman–Crippen LogP) is 5.09. The number of para-hydroxylation sites is 1. The molecule has 7 heteroatoms. The molecule has 0 aliphatic carbocycles. The van der Waals surface area contributed by atoms with Crippen molar-refractivity contribution in [3.8, 4) is 5.69 Å². The summed E-state index contributed by atoms with van der Waals surface area (Å²) in [5.41, 5.74) is 2.17. The van der Waals surface area contributed by atoms with Crippen molar-refractivity contribution in [3.63, 3.8) is 0 Å². The number of rotatable bonds is 7. The number of carbonyl (C=O) groups is 1. The highest BCUT2D eigenvalue weighted by Crippen LogP contribution is 2.36. The number of carbonyl (C=O) groups excluding carboxylic acids is 1. The average Bonchev–Trinajstić information content (AvgIpc) is 3.42. The Labute approximate surface area is 178 Å². The summed E-state index contributed by atoms with van der Waals surface area (Å²) >= 11 is 1.53. The van der Waals surface area contributed by atoms with Gasteiger partial charge in [0.25, 0.3) is 0 Å². The molecule has 0 fully saturated rings. The maximum absolute atomic E-state index is 11.7. The van der Waals surface area contributed by atoms with Crippen molar-refractivity contribution in [2.24, 2.45) is 0 Å². The quantitative estimate of drug-likeness (QED) is 0.307. The van der Waals surface area contributed by atoms with Crippen LogP contribution < -0.4 is 0 Å². The summed E-state index contributed by atoms with van der Waals surface area (Å²) in [7, 11) is 1.33. The highest BCUT2D eigenvalue weighted by Gasteiger charge is 2.21. The van der Waals surface area contributed by atoms with Crippen LogP contribution >= 0.6 is 11.8 Å². The Hall–Kier alpha value is -3.32. The second-order valence-electron chi connectivity index (χ2n) is 6.69. The summed E-state index contributed by atoms with van der Waals surface area (Å²) in [5.74, 6) is 1.23. The van der Waals surface area contributed by atoms with Crippen molar-refractivity contribution >= 4 is 17.7 Å². The molecule has 1 unspecified atom stereocenters. The number of aromatic nitrogens is 3. The fourth-order valence-electron chi connectivity index (χ4n) is 3.10. The molecule has 2 aromatic heterocycles. The topological polar surface area (TPSA) is 70.2 Å². The van der Waals surface area contributed by atoms with Crippen molar-refractivity contribution in [3.05, 3.63) is 95.7 Å². The first-order valence-electron chi connectivity index (χ1n) is 9.54. The number of esters is 1. The number of hydrogen-bond acceptors (Lipinski definition) is 6. The third-order valence-corrected chi connectivity index (χ3v) is 5.68. The van der Waals surface area contributed by atoms with E-state index in [2.05, 4.69) is 26.9 Å². The lowest BCUT2D eigenvalue weighted by molar-refractivity contribution is 0.0563. The molecule has 0 bridgehead atoms. The fourth-order valence-corrected chi connectivity index (χ4v) is 4.07. The van der Waals surface area contributed by atoms with Gasteiger partial charge in [0.05, 0.1) is 12.4 Å². The minimum atomic E-state index is -0.490. The smallest absolute Gasteiger partial charge is 0.373 e. The molecule has 1 atom stereocenters. The zero-order chi connectivity index (χ0) is 20.9. The monoisotopic (exact) mass is 419 g/mol. The lowest BCUT2D eigenvalue weighted by Gasteiger charge is -2.12. The van der Waals surface area contributed by atoms with Crippen molar-refractivity contribution in [1.29, 1.82) is 0 Å². The van der Waals surface area contributed by atoms with Gasteiger partial charge in [-0.2, -0.15) is 0 Å². The van der Waals surface area contributed by atoms with Gasteiger partial charge in [-0.3, -0.25) is 4.57 Å². The van der Waals surface area contributed by atoms with Crippen molar-refractivity contribution in [1.82, 2.24) is 14.8 Å². The number of methoxy groups -OCH3 is 1. The van der Waals surface area contributed by atoms with E-state index < -0.39 is 5.97 Å². The van der Waals surface area contributed by atoms with Crippen LogP contribution in [0.15, 0.2) is 82.4 Å². The van der Waals surface area contributed by atoms with Gasteiger partial charge >= 0.3 is 5.97 Å². The zero-order valence-corrected chi connectivity index (χ0v) is 17.5. The minimum absolute atomic E-state index is 0.0698. The third kappa shape index (κ3) is 4.31. The molecule has 0 saturated carbocycles. The molecule has 4 aromatic rings. The van der Waals surface area contributed by atoms with Crippen LogP contribution in [-0.2, 0) is 11.2 Å². The standard InChI is InChI=1S/C23H21N3O3S/c1-16(19-13-14-20(29-19)22(27)28-2)30-23-25-24-21(15-17-9-5-3-6-10-17)26(23)18-11-7-4-8-12-18/h3-14,16H,15H2,1-2H3. The predicted molar refractivity (Wildman–Crippen MR) is 115 cm³/mol. The maximum atomic E-state index is 11.7. The van der Waals surface area contributed by atoms with Crippen LogP contribution in [0.1, 0.15) is 39.9 Å². The number of hydrogen-bond donors (Lipinski definition) is 0. The van der Waals surface area contributed by atoms with Gasteiger partial charge in [0.2, 0.25) is 5.76 Å². The first-order chi connectivity index (χ1) is 14.7. The Kier molecular flexibility index (Phi) is 5.99. The molecule has 0 spiro atoms. The van der Waals surface area contributed by atoms with Crippen molar-refractivity contribution in [2.45, 2.75) is 23.8 Å². The Morgan fingerprint density at radius 3 is 2.43 bits per heavy atom. The van der Waals surface area contributed by atoms with Gasteiger partial charge < -0.3 is 9.15 Å². The molecule has 0 aliphatic rings. The van der Waals surface area contributed by atoms with Crippen LogP contribution in [0.3, 0.4) is 0 Å². The molecule has 30 heavy (non-hydrogen) atoms. The van der Waals surface area contributed by atoms with Gasteiger partial charge in [0.1, 0.15) is 11.6 Å². The summed E-state index contributed by atoms with van der Waals surface area (Å²) in [6.45, 7) is 2.01. The molecule has 0 radical (unpaired) electrons. The molecule has 2 heterocycles. The molecule has 152 valence electrons. The Bertz CT molecular complexity index is 1120. The average molecular weight is 420 g/mol. The molecule has 0 aliphatic heterocycles. The van der Waals surface area contributed by atoms with E-state index in [1.54, 1.807) is 12.1 Å². The molecular formula is C23H21N3O3S. The molecule has 0 N–H and O–H groups in total. The Morgan fingerprint density at radius 1 is 1.03 bits per heavy atom. The molecular weight excluding hydrogens is 398 g/mol. The van der Waals surface area contributed by atoms with Crippen LogP contribution in [0.2, 0.25) is 0 Å². The van der Waals surface area contributed by atoms with Gasteiger partial charge in [0.15, 0.2) is 5.16 Å². The number of furan rings is 1. The molecule has 6 nitrogen and oxygen atoms in total. The number of ether oxygens (including phenoxy) is 1. The second-order valence-corrected chi connectivity index (χ2v) is 7.99. The summed E-state index contributed by atoms with van der Waals surface area (Å²) in [4.78, 5) is 11.7. The van der Waals surface area contributed by atoms with E-state index in [-0.39, 0.29) is 11.0 Å². The zero-order valence-electron chi connectivity index (χ0n) is 16.7. The Balaban J connectivity index is 1.64. The van der Waals surface area contributed by atoms with Gasteiger partial charge in [-0.1, -0.05) is 60.3 Å². The van der Waals surface area contributed by atoms with Crippen LogP contribution in [-0.4, -0.2) is 27.8 Å². The van der Waals surface area contributed by atoms with Crippen LogP contribution in [0, 0.1) is 0 Å². The summed E-state index contributed by atoms with van der Waals surface area (Å²) < 4.78 is 12.5. The van der Waals surface area contributed by atoms with E-state index in [9.17, 15) is 4.79 Å². The number of benzene rings is 2. The SMILES string of the molecule is COC(=O)c1ccc(C(C)Sc2nnc(Cc3ccccc3)n2-c2ccccc2)o1. The normalized spacial score (nSPS) is 11.9. The summed E-state index contributed by atoms with van der Waals surface area (Å²) in [6.07, 6.45) is 0.672. The third-order valence-electron chi connectivity index (χ3n) is 4.62. The van der Waals surface area contributed by atoms with Gasteiger partial charge in [-0.25, -0.2) is 4.79 Å². The highest BCUT2D eigenvalue weighted by atomic mass is 32.2. The van der Waals surface area contributed by atoms with Gasteiger partial charge in [0, 0.05) is 12.1 Å². The van der Waals surface area contributed by atoms with E-state index in [4.69, 9.17) is 9.15 Å². The van der Waals surface area contributed by atoms with Crippen molar-refractivity contribution < 1.29 is 13.9 Å². The fraction of sp³-hybridized carbons (Fsp3) is 0.174. The maximum Gasteiger partial charge on any atom is 0.373 e.